The van der Waals surface area contributed by atoms with E-state index in [-0.39, 0.29) is 18.9 Å². The molecule has 1 atom stereocenters. The Balaban J connectivity index is 1.86. The van der Waals surface area contributed by atoms with Gasteiger partial charge in [0.2, 0.25) is 0 Å². The molecule has 3 nitrogen and oxygen atoms in total. The first-order chi connectivity index (χ1) is 10.4. The van der Waals surface area contributed by atoms with E-state index in [0.29, 0.717) is 18.5 Å². The number of halogens is 4. The summed E-state index contributed by atoms with van der Waals surface area (Å²) in [7, 11) is 0. The summed E-state index contributed by atoms with van der Waals surface area (Å²) in [6.07, 6.45) is -2.21. The number of amides is 1. The summed E-state index contributed by atoms with van der Waals surface area (Å²) in [4.78, 5) is 16.9. The number of nitrogens with one attached hydrogen (secondary N) is 1. The Kier molecular flexibility index (Phi) is 3.92. The molecule has 1 unspecified atom stereocenters. The third-order valence-electron chi connectivity index (χ3n) is 4.05. The lowest BCUT2D eigenvalue weighted by atomic mass is 9.97. The number of aromatic amines is 1. The van der Waals surface area contributed by atoms with E-state index in [0.717, 1.165) is 15.4 Å². The van der Waals surface area contributed by atoms with Crippen LogP contribution in [0.2, 0.25) is 0 Å². The number of hydrogen-bond acceptors (Lipinski definition) is 1. The molecular weight excluding hydrogens is 361 g/mol. The molecule has 2 heterocycles. The van der Waals surface area contributed by atoms with Crippen molar-refractivity contribution in [1.29, 1.82) is 0 Å². The molecule has 118 valence electrons. The minimum Gasteiger partial charge on any atom is -0.360 e. The summed E-state index contributed by atoms with van der Waals surface area (Å²) in [5.41, 5.74) is 1.20. The number of alkyl halides is 3. The van der Waals surface area contributed by atoms with Crippen LogP contribution in [-0.2, 0) is 0 Å². The first-order valence-corrected chi connectivity index (χ1v) is 7.78. The Morgan fingerprint density at radius 2 is 2.14 bits per heavy atom. The highest BCUT2D eigenvalue weighted by Crippen LogP contribution is 2.34. The second-order valence-corrected chi connectivity index (χ2v) is 6.44. The molecule has 1 amide bonds. The molecule has 0 bridgehead atoms. The van der Waals surface area contributed by atoms with E-state index in [1.54, 1.807) is 12.3 Å². The number of rotatable bonds is 1. The molecule has 1 aliphatic heterocycles. The molecule has 1 N–H and O–H groups in total. The van der Waals surface area contributed by atoms with Gasteiger partial charge in [-0.25, -0.2) is 0 Å². The highest BCUT2D eigenvalue weighted by atomic mass is 79.9. The number of hydrogen-bond donors (Lipinski definition) is 1. The van der Waals surface area contributed by atoms with E-state index in [1.807, 2.05) is 12.1 Å². The van der Waals surface area contributed by atoms with Crippen LogP contribution in [0.15, 0.2) is 28.9 Å². The predicted octanol–water partition coefficient (Wildman–Crippen LogP) is 4.34. The van der Waals surface area contributed by atoms with Gasteiger partial charge in [0.25, 0.3) is 5.91 Å². The van der Waals surface area contributed by atoms with Crippen LogP contribution in [0.5, 0.6) is 0 Å². The smallest absolute Gasteiger partial charge is 0.360 e. The number of carbonyl (C=O) groups excluding carboxylic acids is 1. The average molecular weight is 375 g/mol. The topological polar surface area (TPSA) is 36.1 Å². The number of likely N-dealkylation sites (tertiary alicyclic amines) is 1. The van der Waals surface area contributed by atoms with Crippen molar-refractivity contribution >= 4 is 32.7 Å². The number of benzene rings is 1. The number of piperidine rings is 1. The minimum atomic E-state index is -4.25. The van der Waals surface area contributed by atoms with Crippen LogP contribution in [0, 0.1) is 5.92 Å². The minimum absolute atomic E-state index is 0.0914. The van der Waals surface area contributed by atoms with Crippen LogP contribution in [0.25, 0.3) is 10.9 Å². The Morgan fingerprint density at radius 3 is 2.86 bits per heavy atom. The average Bonchev–Trinajstić information content (AvgIpc) is 2.88. The van der Waals surface area contributed by atoms with Crippen LogP contribution in [0.4, 0.5) is 13.2 Å². The largest absolute Gasteiger partial charge is 0.393 e. The monoisotopic (exact) mass is 374 g/mol. The fourth-order valence-corrected chi connectivity index (χ4v) is 3.24. The van der Waals surface area contributed by atoms with Crippen LogP contribution >= 0.6 is 15.9 Å². The zero-order chi connectivity index (χ0) is 15.9. The summed E-state index contributed by atoms with van der Waals surface area (Å²) in [6.45, 7) is 0.111. The number of aromatic nitrogens is 1. The number of nitrogens with zero attached hydrogens (tertiary/aromatic N) is 1. The highest BCUT2D eigenvalue weighted by Gasteiger charge is 2.42. The van der Waals surface area contributed by atoms with E-state index in [9.17, 15) is 18.0 Å². The van der Waals surface area contributed by atoms with E-state index >= 15 is 0 Å². The molecule has 1 aromatic heterocycles. The van der Waals surface area contributed by atoms with Gasteiger partial charge in [-0.2, -0.15) is 13.2 Å². The number of carbonyl (C=O) groups is 1. The van der Waals surface area contributed by atoms with Gasteiger partial charge in [-0.05, 0) is 25.0 Å². The van der Waals surface area contributed by atoms with Gasteiger partial charge < -0.3 is 9.88 Å². The maximum absolute atomic E-state index is 12.9. The first kappa shape index (κ1) is 15.4. The zero-order valence-corrected chi connectivity index (χ0v) is 13.2. The molecule has 1 aromatic carbocycles. The van der Waals surface area contributed by atoms with Gasteiger partial charge in [-0.1, -0.05) is 22.0 Å². The third-order valence-corrected chi connectivity index (χ3v) is 4.54. The lowest BCUT2D eigenvalue weighted by Crippen LogP contribution is -2.44. The van der Waals surface area contributed by atoms with Gasteiger partial charge >= 0.3 is 6.18 Å². The molecule has 7 heteroatoms. The van der Waals surface area contributed by atoms with E-state index < -0.39 is 12.1 Å². The van der Waals surface area contributed by atoms with Crippen molar-refractivity contribution in [2.75, 3.05) is 13.1 Å². The van der Waals surface area contributed by atoms with Crippen molar-refractivity contribution in [3.05, 3.63) is 34.4 Å². The van der Waals surface area contributed by atoms with Crippen LogP contribution in [-0.4, -0.2) is 35.1 Å². The first-order valence-electron chi connectivity index (χ1n) is 6.99. The van der Waals surface area contributed by atoms with E-state index in [4.69, 9.17) is 0 Å². The molecule has 22 heavy (non-hydrogen) atoms. The highest BCUT2D eigenvalue weighted by molar-refractivity contribution is 9.10. The lowest BCUT2D eigenvalue weighted by molar-refractivity contribution is -0.184. The van der Waals surface area contributed by atoms with E-state index in [1.165, 1.54) is 4.90 Å². The number of fused-ring (bicyclic) bond motifs is 1. The molecule has 3 rings (SSSR count). The maximum Gasteiger partial charge on any atom is 0.393 e. The second-order valence-electron chi connectivity index (χ2n) is 5.52. The van der Waals surface area contributed by atoms with Gasteiger partial charge in [-0.3, -0.25) is 4.79 Å². The summed E-state index contributed by atoms with van der Waals surface area (Å²) in [6, 6.07) is 5.43. The molecule has 1 aliphatic rings. The summed E-state index contributed by atoms with van der Waals surface area (Å²) < 4.78 is 39.5. The van der Waals surface area contributed by atoms with Gasteiger partial charge in [0, 0.05) is 34.7 Å². The van der Waals surface area contributed by atoms with Crippen molar-refractivity contribution in [3.63, 3.8) is 0 Å². The quantitative estimate of drug-likeness (QED) is 0.791. The molecule has 1 fully saturated rings. The maximum atomic E-state index is 12.9. The predicted molar refractivity (Wildman–Crippen MR) is 80.7 cm³/mol. The van der Waals surface area contributed by atoms with Crippen LogP contribution in [0.3, 0.4) is 0 Å². The van der Waals surface area contributed by atoms with Crippen molar-refractivity contribution in [2.45, 2.75) is 19.0 Å². The van der Waals surface area contributed by atoms with E-state index in [2.05, 4.69) is 20.9 Å². The van der Waals surface area contributed by atoms with Crippen LogP contribution in [0.1, 0.15) is 23.2 Å². The Bertz CT molecular complexity index is 710. The molecule has 1 saturated heterocycles. The summed E-state index contributed by atoms with van der Waals surface area (Å²) in [5.74, 6) is -1.77. The Labute approximate surface area is 133 Å². The van der Waals surface area contributed by atoms with Crippen molar-refractivity contribution in [3.8, 4) is 0 Å². The van der Waals surface area contributed by atoms with Gasteiger partial charge in [0.15, 0.2) is 0 Å². The molecule has 0 radical (unpaired) electrons. The Hall–Kier alpha value is -1.50. The molecule has 0 saturated carbocycles. The van der Waals surface area contributed by atoms with Crippen molar-refractivity contribution in [2.24, 2.45) is 5.92 Å². The van der Waals surface area contributed by atoms with Gasteiger partial charge in [0.1, 0.15) is 0 Å². The third kappa shape index (κ3) is 2.86. The fraction of sp³-hybridized carbons (Fsp3) is 0.400. The fourth-order valence-electron chi connectivity index (χ4n) is 2.87. The van der Waals surface area contributed by atoms with Crippen molar-refractivity contribution in [1.82, 2.24) is 9.88 Å². The van der Waals surface area contributed by atoms with Crippen molar-refractivity contribution < 1.29 is 18.0 Å². The van der Waals surface area contributed by atoms with Gasteiger partial charge in [-0.15, -0.1) is 0 Å². The SMILES string of the molecule is O=C(c1c[nH]c2cc(Br)ccc12)N1CCCC(C(F)(F)F)C1. The van der Waals surface area contributed by atoms with Gasteiger partial charge in [0.05, 0.1) is 11.5 Å². The molecule has 0 aliphatic carbocycles. The molecular formula is C15H14BrF3N2O. The standard InChI is InChI=1S/C15H14BrF3N2O/c16-10-3-4-11-12(7-20-13(11)6-10)14(22)21-5-1-2-9(8-21)15(17,18)19/h3-4,6-7,9,20H,1-2,5,8H2. The zero-order valence-electron chi connectivity index (χ0n) is 11.6. The lowest BCUT2D eigenvalue weighted by Gasteiger charge is -2.33. The summed E-state index contributed by atoms with van der Waals surface area (Å²) >= 11 is 3.34. The molecule has 0 spiro atoms. The Morgan fingerprint density at radius 1 is 1.36 bits per heavy atom. The number of H-pyrrole nitrogens is 1. The normalized spacial score (nSPS) is 19.6. The second kappa shape index (κ2) is 5.61. The summed E-state index contributed by atoms with van der Waals surface area (Å²) in [5, 5.41) is 0.724. The molecule has 2 aromatic rings. The van der Waals surface area contributed by atoms with Crippen LogP contribution < -0.4 is 0 Å².